The van der Waals surface area contributed by atoms with Gasteiger partial charge in [0, 0.05) is 30.3 Å². The molecule has 0 spiro atoms. The molecule has 1 fully saturated rings. The van der Waals surface area contributed by atoms with E-state index in [0.29, 0.717) is 6.04 Å². The SMILES string of the molecule is Cc1occc1CN(C)Cc1ccoc1CNC1CC1. The number of hydrogen-bond donors (Lipinski definition) is 1. The highest BCUT2D eigenvalue weighted by Gasteiger charge is 2.21. The van der Waals surface area contributed by atoms with Crippen molar-refractivity contribution in [3.8, 4) is 0 Å². The molecular weight excluding hydrogens is 252 g/mol. The van der Waals surface area contributed by atoms with Crippen LogP contribution in [0.1, 0.15) is 35.5 Å². The lowest BCUT2D eigenvalue weighted by Gasteiger charge is -2.16. The number of furan rings is 2. The third kappa shape index (κ3) is 3.32. The van der Waals surface area contributed by atoms with Gasteiger partial charge in [-0.05, 0) is 38.9 Å². The Bertz CT molecular complexity index is 554. The Labute approximate surface area is 119 Å². The van der Waals surface area contributed by atoms with Crippen molar-refractivity contribution >= 4 is 0 Å². The van der Waals surface area contributed by atoms with Gasteiger partial charge in [0.25, 0.3) is 0 Å². The fourth-order valence-corrected chi connectivity index (χ4v) is 2.40. The number of aryl methyl sites for hydroxylation is 1. The molecule has 0 radical (unpaired) electrons. The van der Waals surface area contributed by atoms with Gasteiger partial charge in [0.15, 0.2) is 0 Å². The number of nitrogens with zero attached hydrogens (tertiary/aromatic N) is 1. The molecule has 1 saturated carbocycles. The highest BCUT2D eigenvalue weighted by atomic mass is 16.3. The summed E-state index contributed by atoms with van der Waals surface area (Å²) in [6, 6.07) is 4.82. The van der Waals surface area contributed by atoms with Gasteiger partial charge in [-0.3, -0.25) is 4.90 Å². The molecule has 1 aliphatic carbocycles. The van der Waals surface area contributed by atoms with Crippen LogP contribution in [0.15, 0.2) is 33.5 Å². The summed E-state index contributed by atoms with van der Waals surface area (Å²) < 4.78 is 10.9. The van der Waals surface area contributed by atoms with E-state index >= 15 is 0 Å². The van der Waals surface area contributed by atoms with Gasteiger partial charge < -0.3 is 14.2 Å². The molecule has 2 aromatic heterocycles. The molecule has 2 heterocycles. The first-order chi connectivity index (χ1) is 9.72. The van der Waals surface area contributed by atoms with Crippen LogP contribution < -0.4 is 5.32 Å². The monoisotopic (exact) mass is 274 g/mol. The van der Waals surface area contributed by atoms with Crippen molar-refractivity contribution in [1.29, 1.82) is 0 Å². The van der Waals surface area contributed by atoms with E-state index in [0.717, 1.165) is 31.2 Å². The third-order valence-corrected chi connectivity index (χ3v) is 3.81. The van der Waals surface area contributed by atoms with Crippen LogP contribution in [-0.4, -0.2) is 18.0 Å². The molecule has 0 atom stereocenters. The molecule has 0 saturated heterocycles. The minimum absolute atomic E-state index is 0.708. The highest BCUT2D eigenvalue weighted by molar-refractivity contribution is 5.19. The summed E-state index contributed by atoms with van der Waals surface area (Å²) in [6.07, 6.45) is 6.14. The molecule has 108 valence electrons. The fraction of sp³-hybridized carbons (Fsp3) is 0.500. The van der Waals surface area contributed by atoms with Gasteiger partial charge in [-0.25, -0.2) is 0 Å². The van der Waals surface area contributed by atoms with Crippen LogP contribution in [0.3, 0.4) is 0 Å². The van der Waals surface area contributed by atoms with Gasteiger partial charge in [0.2, 0.25) is 0 Å². The van der Waals surface area contributed by atoms with Crippen LogP contribution in [0, 0.1) is 6.92 Å². The van der Waals surface area contributed by atoms with E-state index in [4.69, 9.17) is 8.83 Å². The summed E-state index contributed by atoms with van der Waals surface area (Å²) in [7, 11) is 2.12. The summed E-state index contributed by atoms with van der Waals surface area (Å²) in [4.78, 5) is 2.28. The quantitative estimate of drug-likeness (QED) is 0.842. The average Bonchev–Trinajstić information content (AvgIpc) is 3.02. The molecular formula is C16H22N2O2. The lowest BCUT2D eigenvalue weighted by molar-refractivity contribution is 0.312. The molecule has 2 aromatic rings. The molecule has 4 heteroatoms. The van der Waals surface area contributed by atoms with Crippen molar-refractivity contribution in [3.05, 3.63) is 47.3 Å². The zero-order valence-electron chi connectivity index (χ0n) is 12.2. The first-order valence-electron chi connectivity index (χ1n) is 7.22. The zero-order valence-corrected chi connectivity index (χ0v) is 12.2. The average molecular weight is 274 g/mol. The van der Waals surface area contributed by atoms with Gasteiger partial charge in [-0.15, -0.1) is 0 Å². The van der Waals surface area contributed by atoms with Crippen LogP contribution in [0.2, 0.25) is 0 Å². The topological polar surface area (TPSA) is 41.6 Å². The first kappa shape index (κ1) is 13.5. The molecule has 0 bridgehead atoms. The van der Waals surface area contributed by atoms with Crippen LogP contribution in [0.4, 0.5) is 0 Å². The number of nitrogens with one attached hydrogen (secondary N) is 1. The van der Waals surface area contributed by atoms with E-state index in [1.807, 2.05) is 13.0 Å². The lowest BCUT2D eigenvalue weighted by Crippen LogP contribution is -2.20. The van der Waals surface area contributed by atoms with E-state index in [9.17, 15) is 0 Å². The van der Waals surface area contributed by atoms with Crippen molar-refractivity contribution in [3.63, 3.8) is 0 Å². The predicted octanol–water partition coefficient (Wildman–Crippen LogP) is 3.07. The first-order valence-corrected chi connectivity index (χ1v) is 7.22. The summed E-state index contributed by atoms with van der Waals surface area (Å²) in [5.74, 6) is 2.06. The van der Waals surface area contributed by atoms with Gasteiger partial charge in [-0.1, -0.05) is 0 Å². The van der Waals surface area contributed by atoms with Crippen LogP contribution in [-0.2, 0) is 19.6 Å². The van der Waals surface area contributed by atoms with Crippen molar-refractivity contribution in [2.75, 3.05) is 7.05 Å². The molecule has 0 amide bonds. The molecule has 1 N–H and O–H groups in total. The maximum absolute atomic E-state index is 5.59. The fourth-order valence-electron chi connectivity index (χ4n) is 2.40. The van der Waals surface area contributed by atoms with E-state index in [2.05, 4.69) is 23.3 Å². The van der Waals surface area contributed by atoms with Crippen molar-refractivity contribution in [2.24, 2.45) is 0 Å². The molecule has 0 aliphatic heterocycles. The minimum atomic E-state index is 0.708. The Balaban J connectivity index is 1.56. The van der Waals surface area contributed by atoms with E-state index in [-0.39, 0.29) is 0 Å². The van der Waals surface area contributed by atoms with Crippen molar-refractivity contribution in [1.82, 2.24) is 10.2 Å². The third-order valence-electron chi connectivity index (χ3n) is 3.81. The van der Waals surface area contributed by atoms with E-state index < -0.39 is 0 Å². The summed E-state index contributed by atoms with van der Waals surface area (Å²) in [5, 5.41) is 3.50. The van der Waals surface area contributed by atoms with Gasteiger partial charge in [0.05, 0.1) is 19.1 Å². The maximum atomic E-state index is 5.59. The molecule has 1 aliphatic rings. The van der Waals surface area contributed by atoms with Crippen LogP contribution in [0.25, 0.3) is 0 Å². The smallest absolute Gasteiger partial charge is 0.122 e. The highest BCUT2D eigenvalue weighted by Crippen LogP contribution is 2.21. The Hall–Kier alpha value is -1.52. The molecule has 0 aromatic carbocycles. The number of hydrogen-bond acceptors (Lipinski definition) is 4. The molecule has 3 rings (SSSR count). The van der Waals surface area contributed by atoms with Crippen LogP contribution in [0.5, 0.6) is 0 Å². The second-order valence-corrected chi connectivity index (χ2v) is 5.70. The van der Waals surface area contributed by atoms with E-state index in [1.165, 1.54) is 24.0 Å². The predicted molar refractivity (Wildman–Crippen MR) is 77.2 cm³/mol. The molecule has 20 heavy (non-hydrogen) atoms. The Morgan fingerprint density at radius 3 is 2.55 bits per heavy atom. The second-order valence-electron chi connectivity index (χ2n) is 5.70. The van der Waals surface area contributed by atoms with Crippen molar-refractivity contribution < 1.29 is 8.83 Å². The summed E-state index contributed by atoms with van der Waals surface area (Å²) >= 11 is 0. The van der Waals surface area contributed by atoms with Gasteiger partial charge in [0.1, 0.15) is 11.5 Å². The lowest BCUT2D eigenvalue weighted by atomic mass is 10.2. The Morgan fingerprint density at radius 1 is 1.15 bits per heavy atom. The Morgan fingerprint density at radius 2 is 1.85 bits per heavy atom. The maximum Gasteiger partial charge on any atom is 0.122 e. The second kappa shape index (κ2) is 5.85. The van der Waals surface area contributed by atoms with Crippen molar-refractivity contribution in [2.45, 2.75) is 45.4 Å². The largest absolute Gasteiger partial charge is 0.469 e. The van der Waals surface area contributed by atoms with E-state index in [1.54, 1.807) is 12.5 Å². The molecule has 0 unspecified atom stereocenters. The van der Waals surface area contributed by atoms with Gasteiger partial charge in [-0.2, -0.15) is 0 Å². The van der Waals surface area contributed by atoms with Gasteiger partial charge >= 0.3 is 0 Å². The summed E-state index contributed by atoms with van der Waals surface area (Å²) in [6.45, 7) is 4.63. The zero-order chi connectivity index (χ0) is 13.9. The normalized spacial score (nSPS) is 15.2. The minimum Gasteiger partial charge on any atom is -0.469 e. The van der Waals surface area contributed by atoms with Crippen LogP contribution >= 0.6 is 0 Å². The molecule has 4 nitrogen and oxygen atoms in total. The Kier molecular flexibility index (Phi) is 3.94. The standard InChI is InChI=1S/C16H22N2O2/c1-12-13(5-7-19-12)10-18(2)11-14-6-8-20-16(14)9-17-15-3-4-15/h5-8,15,17H,3-4,9-11H2,1-2H3. The number of rotatable bonds is 7. The summed E-state index contributed by atoms with van der Waals surface area (Å²) in [5.41, 5.74) is 2.51.